The second kappa shape index (κ2) is 3.93. The molecule has 0 unspecified atom stereocenters. The minimum absolute atomic E-state index is 0.792. The Morgan fingerprint density at radius 2 is 2.29 bits per heavy atom. The highest BCUT2D eigenvalue weighted by Gasteiger charge is 1.82. The van der Waals surface area contributed by atoms with Gasteiger partial charge in [-0.3, -0.25) is 4.79 Å². The Morgan fingerprint density at radius 1 is 1.71 bits per heavy atom. The highest BCUT2D eigenvalue weighted by Crippen LogP contribution is 2.05. The molecule has 0 heterocycles. The second-order valence-corrected chi connectivity index (χ2v) is 1.89. The molecule has 0 aromatic carbocycles. The van der Waals surface area contributed by atoms with Gasteiger partial charge >= 0.3 is 0 Å². The fraction of sp³-hybridized carbons (Fsp3) is 0.400. The average Bonchev–Trinajstić information content (AvgIpc) is 1.72. The van der Waals surface area contributed by atoms with Crippen molar-refractivity contribution in [2.24, 2.45) is 0 Å². The maximum absolute atomic E-state index is 9.88. The molecule has 0 aliphatic carbocycles. The number of aldehydes is 1. The summed E-state index contributed by atoms with van der Waals surface area (Å²) in [6, 6.07) is 0. The Balaban J connectivity index is 3.60. The molecule has 40 valence electrons. The summed E-state index contributed by atoms with van der Waals surface area (Å²) in [5, 5.41) is 0. The monoisotopic (exact) mass is 116 g/mol. The summed E-state index contributed by atoms with van der Waals surface area (Å²) < 4.78 is 0. The molecule has 0 atom stereocenters. The fourth-order valence-electron chi connectivity index (χ4n) is 0.234. The van der Waals surface area contributed by atoms with Crippen LogP contribution in [0.2, 0.25) is 0 Å². The lowest BCUT2D eigenvalue weighted by molar-refractivity contribution is -0.104. The molecule has 0 amide bonds. The third-order valence-electron chi connectivity index (χ3n) is 0.636. The highest BCUT2D eigenvalue weighted by molar-refractivity contribution is 8.03. The van der Waals surface area contributed by atoms with Gasteiger partial charge in [-0.2, -0.15) is 0 Å². The molecule has 0 aliphatic heterocycles. The van der Waals surface area contributed by atoms with Crippen molar-refractivity contribution in [1.82, 2.24) is 0 Å². The van der Waals surface area contributed by atoms with Crippen molar-refractivity contribution in [3.05, 3.63) is 11.0 Å². The van der Waals surface area contributed by atoms with Gasteiger partial charge in [-0.25, -0.2) is 0 Å². The smallest absolute Gasteiger partial charge is 0.156 e. The molecule has 0 rings (SSSR count). The van der Waals surface area contributed by atoms with Gasteiger partial charge in [0, 0.05) is 4.91 Å². The van der Waals surface area contributed by atoms with Crippen LogP contribution in [-0.2, 0) is 4.79 Å². The van der Waals surface area contributed by atoms with Crippen LogP contribution in [0, 0.1) is 0 Å². The fourth-order valence-corrected chi connectivity index (χ4v) is 0.566. The van der Waals surface area contributed by atoms with Gasteiger partial charge < -0.3 is 0 Å². The number of hydrogen-bond acceptors (Lipinski definition) is 2. The first-order valence-corrected chi connectivity index (χ1v) is 3.23. The molecule has 0 saturated carbocycles. The van der Waals surface area contributed by atoms with E-state index in [1.807, 2.05) is 13.2 Å². The normalized spacial score (nSPS) is 11.4. The summed E-state index contributed by atoms with van der Waals surface area (Å²) >= 11 is 1.46. The van der Waals surface area contributed by atoms with Crippen LogP contribution < -0.4 is 0 Å². The van der Waals surface area contributed by atoms with Crippen LogP contribution >= 0.6 is 11.8 Å². The average molecular weight is 116 g/mol. The van der Waals surface area contributed by atoms with E-state index in [2.05, 4.69) is 0 Å². The molecule has 7 heavy (non-hydrogen) atoms. The van der Waals surface area contributed by atoms with Gasteiger partial charge in [0.15, 0.2) is 6.29 Å². The summed E-state index contributed by atoms with van der Waals surface area (Å²) in [6.45, 7) is 1.85. The maximum atomic E-state index is 9.88. The van der Waals surface area contributed by atoms with Crippen LogP contribution in [0.1, 0.15) is 6.92 Å². The topological polar surface area (TPSA) is 17.1 Å². The SMILES string of the molecule is C/C=C(/C=O)SC. The van der Waals surface area contributed by atoms with Gasteiger partial charge in [0.2, 0.25) is 0 Å². The number of rotatable bonds is 2. The number of thioether (sulfide) groups is 1. The van der Waals surface area contributed by atoms with Crippen molar-refractivity contribution in [2.45, 2.75) is 6.92 Å². The zero-order chi connectivity index (χ0) is 5.70. The molecule has 0 aromatic heterocycles. The van der Waals surface area contributed by atoms with Crippen molar-refractivity contribution in [2.75, 3.05) is 6.26 Å². The third-order valence-corrected chi connectivity index (χ3v) is 1.44. The summed E-state index contributed by atoms with van der Waals surface area (Å²) in [6.07, 6.45) is 4.52. The van der Waals surface area contributed by atoms with Crippen LogP contribution in [0.15, 0.2) is 11.0 Å². The van der Waals surface area contributed by atoms with E-state index in [-0.39, 0.29) is 0 Å². The highest BCUT2D eigenvalue weighted by atomic mass is 32.2. The van der Waals surface area contributed by atoms with E-state index in [4.69, 9.17) is 0 Å². The molecule has 0 saturated heterocycles. The Hall–Kier alpha value is -0.240. The van der Waals surface area contributed by atoms with E-state index in [1.165, 1.54) is 11.8 Å². The quantitative estimate of drug-likeness (QED) is 0.401. The molecular weight excluding hydrogens is 108 g/mol. The lowest BCUT2D eigenvalue weighted by Gasteiger charge is -1.83. The number of carbonyl (C=O) groups excluding carboxylic acids is 1. The first kappa shape index (κ1) is 6.76. The van der Waals surface area contributed by atoms with Crippen LogP contribution in [0.25, 0.3) is 0 Å². The van der Waals surface area contributed by atoms with Crippen LogP contribution in [0.3, 0.4) is 0 Å². The standard InChI is InChI=1S/C5H8OS/c1-3-5(4-6)7-2/h3-4H,1-2H3/b5-3-. The predicted molar refractivity (Wildman–Crippen MR) is 33.3 cm³/mol. The van der Waals surface area contributed by atoms with Crippen LogP contribution in [0.4, 0.5) is 0 Å². The van der Waals surface area contributed by atoms with Gasteiger partial charge in [-0.15, -0.1) is 11.8 Å². The van der Waals surface area contributed by atoms with Crippen molar-refractivity contribution in [3.63, 3.8) is 0 Å². The first-order valence-electron chi connectivity index (χ1n) is 2.00. The lowest BCUT2D eigenvalue weighted by Crippen LogP contribution is -1.71. The first-order chi connectivity index (χ1) is 3.35. The summed E-state index contributed by atoms with van der Waals surface area (Å²) in [7, 11) is 0. The molecular formula is C5H8OS. The van der Waals surface area contributed by atoms with Gasteiger partial charge in [-0.1, -0.05) is 6.08 Å². The number of allylic oxidation sites excluding steroid dienone is 2. The molecule has 0 aliphatic rings. The van der Waals surface area contributed by atoms with Crippen LogP contribution in [-0.4, -0.2) is 12.5 Å². The predicted octanol–water partition coefficient (Wildman–Crippen LogP) is 1.45. The summed E-state index contributed by atoms with van der Waals surface area (Å²) in [5.74, 6) is 0. The zero-order valence-corrected chi connectivity index (χ0v) is 5.29. The van der Waals surface area contributed by atoms with E-state index in [0.717, 1.165) is 11.2 Å². The molecule has 0 bridgehead atoms. The lowest BCUT2D eigenvalue weighted by atomic mass is 10.6. The molecule has 2 heteroatoms. The largest absolute Gasteiger partial charge is 0.297 e. The second-order valence-electron chi connectivity index (χ2n) is 1.01. The van der Waals surface area contributed by atoms with E-state index >= 15 is 0 Å². The van der Waals surface area contributed by atoms with E-state index in [0.29, 0.717) is 0 Å². The van der Waals surface area contributed by atoms with Gasteiger partial charge in [0.25, 0.3) is 0 Å². The summed E-state index contributed by atoms with van der Waals surface area (Å²) in [4.78, 5) is 10.7. The van der Waals surface area contributed by atoms with Gasteiger partial charge in [0.05, 0.1) is 0 Å². The Kier molecular flexibility index (Phi) is 3.80. The van der Waals surface area contributed by atoms with Crippen molar-refractivity contribution in [3.8, 4) is 0 Å². The number of hydrogen-bond donors (Lipinski definition) is 0. The Bertz CT molecular complexity index is 86.1. The number of carbonyl (C=O) groups is 1. The van der Waals surface area contributed by atoms with Gasteiger partial charge in [-0.05, 0) is 13.2 Å². The molecule has 0 N–H and O–H groups in total. The van der Waals surface area contributed by atoms with Crippen molar-refractivity contribution in [1.29, 1.82) is 0 Å². The van der Waals surface area contributed by atoms with E-state index in [9.17, 15) is 4.79 Å². The molecule has 1 nitrogen and oxygen atoms in total. The minimum atomic E-state index is 0.792. The van der Waals surface area contributed by atoms with Crippen molar-refractivity contribution < 1.29 is 4.79 Å². The van der Waals surface area contributed by atoms with Crippen molar-refractivity contribution >= 4 is 18.0 Å². The Morgan fingerprint density at radius 3 is 2.29 bits per heavy atom. The third kappa shape index (κ3) is 2.45. The molecule has 0 aromatic rings. The molecule has 0 radical (unpaired) electrons. The Labute approximate surface area is 47.8 Å². The van der Waals surface area contributed by atoms with E-state index < -0.39 is 0 Å². The van der Waals surface area contributed by atoms with Gasteiger partial charge in [0.1, 0.15) is 0 Å². The maximum Gasteiger partial charge on any atom is 0.156 e. The van der Waals surface area contributed by atoms with E-state index in [1.54, 1.807) is 6.08 Å². The zero-order valence-electron chi connectivity index (χ0n) is 4.47. The minimum Gasteiger partial charge on any atom is -0.297 e. The van der Waals surface area contributed by atoms with Crippen LogP contribution in [0.5, 0.6) is 0 Å². The molecule has 0 spiro atoms. The molecule has 0 fully saturated rings. The summed E-state index contributed by atoms with van der Waals surface area (Å²) in [5.41, 5.74) is 0.